The second-order valence-electron chi connectivity index (χ2n) is 10.9. The zero-order valence-corrected chi connectivity index (χ0v) is 20.7. The molecule has 6 rings (SSSR count). The number of phenolic OH excluding ortho intramolecular Hbond substituents is 1. The van der Waals surface area contributed by atoms with Crippen LogP contribution in [0.2, 0.25) is 0 Å². The Kier molecular flexibility index (Phi) is 5.31. The molecular weight excluding hydrogens is 458 g/mol. The molecule has 3 unspecified atom stereocenters. The largest absolute Gasteiger partial charge is 0.508 e. The van der Waals surface area contributed by atoms with Crippen molar-refractivity contribution < 1.29 is 18.3 Å². The fraction of sp³-hybridized carbons (Fsp3) is 0.414. The van der Waals surface area contributed by atoms with Crippen molar-refractivity contribution in [1.82, 2.24) is 4.72 Å². The Bertz CT molecular complexity index is 1430. The van der Waals surface area contributed by atoms with Gasteiger partial charge in [0.05, 0.1) is 4.90 Å². The van der Waals surface area contributed by atoms with Gasteiger partial charge in [0.25, 0.3) is 0 Å². The van der Waals surface area contributed by atoms with Crippen LogP contribution in [0.25, 0.3) is 10.8 Å². The van der Waals surface area contributed by atoms with Gasteiger partial charge in [-0.05, 0) is 95.5 Å². The number of carbonyl (C=O) groups is 1. The second-order valence-corrected chi connectivity index (χ2v) is 12.7. The van der Waals surface area contributed by atoms with Crippen LogP contribution in [0.1, 0.15) is 49.7 Å². The van der Waals surface area contributed by atoms with Gasteiger partial charge in [0.15, 0.2) is 0 Å². The number of ketones is 1. The number of Topliss-reactive ketones (excluding diaryl/α,β-unsaturated/α-hetero) is 1. The molecule has 3 aromatic carbocycles. The summed E-state index contributed by atoms with van der Waals surface area (Å²) in [5.41, 5.74) is 2.14. The number of carbonyl (C=O) groups excluding carboxylic acids is 1. The molecule has 3 aliphatic carbocycles. The Labute approximate surface area is 206 Å². The van der Waals surface area contributed by atoms with Gasteiger partial charge in [-0.15, -0.1) is 0 Å². The highest BCUT2D eigenvalue weighted by Gasteiger charge is 2.58. The fourth-order valence-electron chi connectivity index (χ4n) is 7.45. The van der Waals surface area contributed by atoms with Crippen LogP contribution in [0.4, 0.5) is 0 Å². The van der Waals surface area contributed by atoms with Crippen LogP contribution < -0.4 is 4.72 Å². The highest BCUT2D eigenvalue weighted by Crippen LogP contribution is 2.61. The Morgan fingerprint density at radius 3 is 2.66 bits per heavy atom. The molecule has 0 bridgehead atoms. The van der Waals surface area contributed by atoms with Crippen LogP contribution in [0.15, 0.2) is 65.6 Å². The van der Waals surface area contributed by atoms with Crippen LogP contribution >= 0.6 is 0 Å². The Morgan fingerprint density at radius 2 is 1.83 bits per heavy atom. The van der Waals surface area contributed by atoms with Crippen molar-refractivity contribution in [2.24, 2.45) is 23.2 Å². The van der Waals surface area contributed by atoms with Gasteiger partial charge in [0.2, 0.25) is 10.0 Å². The third kappa shape index (κ3) is 3.69. The average molecular weight is 490 g/mol. The number of rotatable bonds is 4. The van der Waals surface area contributed by atoms with Gasteiger partial charge in [-0.3, -0.25) is 4.79 Å². The fourth-order valence-corrected chi connectivity index (χ4v) is 8.57. The molecular formula is C29H31NO4S. The molecule has 6 heteroatoms. The summed E-state index contributed by atoms with van der Waals surface area (Å²) in [7, 11) is -3.69. The number of aryl methyl sites for hydroxylation is 1. The number of phenols is 1. The minimum atomic E-state index is -3.69. The van der Waals surface area contributed by atoms with Crippen molar-refractivity contribution in [2.75, 3.05) is 6.54 Å². The molecule has 0 aromatic heterocycles. The molecule has 0 heterocycles. The van der Waals surface area contributed by atoms with E-state index in [1.165, 1.54) is 11.1 Å². The molecule has 2 fully saturated rings. The van der Waals surface area contributed by atoms with E-state index in [9.17, 15) is 18.3 Å². The molecule has 2 saturated carbocycles. The van der Waals surface area contributed by atoms with E-state index in [1.807, 2.05) is 36.4 Å². The van der Waals surface area contributed by atoms with Gasteiger partial charge in [-0.2, -0.15) is 0 Å². The number of hydrogen-bond donors (Lipinski definition) is 2. The lowest BCUT2D eigenvalue weighted by Gasteiger charge is -2.49. The molecule has 0 radical (unpaired) electrons. The van der Waals surface area contributed by atoms with Gasteiger partial charge in [-0.1, -0.05) is 43.3 Å². The number of hydrogen-bond acceptors (Lipinski definition) is 4. The number of aromatic hydroxyl groups is 1. The first kappa shape index (κ1) is 22.7. The van der Waals surface area contributed by atoms with E-state index >= 15 is 0 Å². The molecule has 0 amide bonds. The predicted molar refractivity (Wildman–Crippen MR) is 136 cm³/mol. The van der Waals surface area contributed by atoms with Crippen LogP contribution in [0.3, 0.4) is 0 Å². The van der Waals surface area contributed by atoms with Crippen molar-refractivity contribution in [2.45, 2.75) is 49.8 Å². The maximum Gasteiger partial charge on any atom is 0.240 e. The normalized spacial score (nSPS) is 30.0. The van der Waals surface area contributed by atoms with E-state index in [-0.39, 0.29) is 34.5 Å². The van der Waals surface area contributed by atoms with Crippen molar-refractivity contribution in [3.05, 3.63) is 71.8 Å². The minimum Gasteiger partial charge on any atom is -0.508 e. The second kappa shape index (κ2) is 8.17. The third-order valence-electron chi connectivity index (χ3n) is 9.12. The summed E-state index contributed by atoms with van der Waals surface area (Å²) in [6.07, 6.45) is 4.11. The highest BCUT2D eigenvalue weighted by molar-refractivity contribution is 7.89. The predicted octanol–water partition coefficient (Wildman–Crippen LogP) is 5.18. The van der Waals surface area contributed by atoms with E-state index in [2.05, 4.69) is 17.7 Å². The molecule has 35 heavy (non-hydrogen) atoms. The van der Waals surface area contributed by atoms with E-state index in [4.69, 9.17) is 0 Å². The molecule has 2 N–H and O–H groups in total. The quantitative estimate of drug-likeness (QED) is 0.529. The Morgan fingerprint density at radius 1 is 1.03 bits per heavy atom. The number of benzene rings is 3. The molecule has 0 saturated heterocycles. The zero-order valence-electron chi connectivity index (χ0n) is 19.9. The molecule has 182 valence electrons. The van der Waals surface area contributed by atoms with Gasteiger partial charge < -0.3 is 5.11 Å². The highest BCUT2D eigenvalue weighted by atomic mass is 32.2. The van der Waals surface area contributed by atoms with E-state index in [0.29, 0.717) is 24.0 Å². The number of fused-ring (bicyclic) bond motifs is 6. The lowest BCUT2D eigenvalue weighted by Crippen LogP contribution is -2.46. The SMILES string of the molecule is C[C@]12CCC3c4ccc(O)cc4CCC3C1[C@@H](CNS(=O)(=O)c1ccc3ccccc3c1)CC2=O. The lowest BCUT2D eigenvalue weighted by atomic mass is 9.54. The molecule has 5 nitrogen and oxygen atoms in total. The van der Waals surface area contributed by atoms with Crippen molar-refractivity contribution in [1.29, 1.82) is 0 Å². The van der Waals surface area contributed by atoms with Crippen LogP contribution in [0, 0.1) is 23.2 Å². The van der Waals surface area contributed by atoms with E-state index < -0.39 is 10.0 Å². The van der Waals surface area contributed by atoms with Gasteiger partial charge in [0, 0.05) is 18.4 Å². The first-order valence-electron chi connectivity index (χ1n) is 12.6. The smallest absolute Gasteiger partial charge is 0.240 e. The summed E-state index contributed by atoms with van der Waals surface area (Å²) >= 11 is 0. The van der Waals surface area contributed by atoms with E-state index in [0.717, 1.165) is 36.5 Å². The molecule has 3 aromatic rings. The van der Waals surface area contributed by atoms with Gasteiger partial charge >= 0.3 is 0 Å². The molecule has 3 aliphatic rings. The summed E-state index contributed by atoms with van der Waals surface area (Å²) in [6.45, 7) is 2.40. The van der Waals surface area contributed by atoms with Gasteiger partial charge in [-0.25, -0.2) is 13.1 Å². The van der Waals surface area contributed by atoms with Crippen molar-refractivity contribution >= 4 is 26.6 Å². The maximum atomic E-state index is 13.2. The topological polar surface area (TPSA) is 83.5 Å². The molecule has 0 spiro atoms. The summed E-state index contributed by atoms with van der Waals surface area (Å²) in [4.78, 5) is 13.5. The van der Waals surface area contributed by atoms with Crippen molar-refractivity contribution in [3.8, 4) is 5.75 Å². The Balaban J connectivity index is 1.26. The van der Waals surface area contributed by atoms with Gasteiger partial charge in [0.1, 0.15) is 11.5 Å². The summed E-state index contributed by atoms with van der Waals surface area (Å²) in [5.74, 6) is 1.46. The maximum absolute atomic E-state index is 13.2. The third-order valence-corrected chi connectivity index (χ3v) is 10.5. The minimum absolute atomic E-state index is 0.00537. The summed E-state index contributed by atoms with van der Waals surface area (Å²) < 4.78 is 29.3. The van der Waals surface area contributed by atoms with E-state index in [1.54, 1.807) is 18.2 Å². The lowest BCUT2D eigenvalue weighted by molar-refractivity contribution is -0.129. The van der Waals surface area contributed by atoms with Crippen molar-refractivity contribution in [3.63, 3.8) is 0 Å². The average Bonchev–Trinajstić information content (AvgIpc) is 3.12. The number of sulfonamides is 1. The molecule has 5 atom stereocenters. The Hall–Kier alpha value is -2.70. The summed E-state index contributed by atoms with van der Waals surface area (Å²) in [6, 6.07) is 18.6. The summed E-state index contributed by atoms with van der Waals surface area (Å²) in [5, 5.41) is 11.8. The van der Waals surface area contributed by atoms with Crippen LogP contribution in [0.5, 0.6) is 5.75 Å². The first-order chi connectivity index (χ1) is 16.8. The molecule has 0 aliphatic heterocycles. The zero-order chi connectivity index (χ0) is 24.4. The first-order valence-corrected chi connectivity index (χ1v) is 14.1. The monoisotopic (exact) mass is 489 g/mol. The standard InChI is InChI=1S/C29H31NO4S/c1-29-13-12-25-24-11-8-22(31)14-20(24)7-10-26(25)28(29)21(16-27(29)32)17-30-35(33,34)23-9-6-18-4-2-3-5-19(18)15-23/h2-6,8-9,11,14-15,21,25-26,28,30-31H,7,10,12-13,16-17H2,1H3/t21-,25?,26?,28?,29-/m1/s1. The number of nitrogens with one attached hydrogen (secondary N) is 1. The van der Waals surface area contributed by atoms with Crippen LogP contribution in [-0.2, 0) is 21.2 Å². The van der Waals surface area contributed by atoms with Crippen LogP contribution in [-0.4, -0.2) is 25.9 Å².